The Hall–Kier alpha value is -0.630. The van der Waals surface area contributed by atoms with Gasteiger partial charge in [0, 0.05) is 19.8 Å². The molecule has 0 aromatic carbocycles. The second-order valence-corrected chi connectivity index (χ2v) is 4.55. The third-order valence-electron chi connectivity index (χ3n) is 2.90. The fourth-order valence-electron chi connectivity index (χ4n) is 1.86. The van der Waals surface area contributed by atoms with Gasteiger partial charge in [0.05, 0.1) is 12.7 Å². The van der Waals surface area contributed by atoms with Gasteiger partial charge in [0.1, 0.15) is 5.54 Å². The topological polar surface area (TPSA) is 54.3 Å². The van der Waals surface area contributed by atoms with Gasteiger partial charge >= 0.3 is 0 Å². The third-order valence-corrected chi connectivity index (χ3v) is 2.90. The van der Waals surface area contributed by atoms with Crippen LogP contribution in [0, 0.1) is 17.2 Å². The number of rotatable bonds is 6. The molecule has 1 atom stereocenters. The highest BCUT2D eigenvalue weighted by atomic mass is 16.5. The largest absolute Gasteiger partial charge is 0.381 e. The van der Waals surface area contributed by atoms with E-state index in [0.29, 0.717) is 12.5 Å². The summed E-state index contributed by atoms with van der Waals surface area (Å²) in [5, 5.41) is 12.2. The Bertz CT molecular complexity index is 234. The van der Waals surface area contributed by atoms with E-state index in [4.69, 9.17) is 14.7 Å². The highest BCUT2D eigenvalue weighted by Crippen LogP contribution is 2.15. The SMILES string of the molecule is CCNC(C)(C#N)COCC1CCOCC1. The molecule has 1 heterocycles. The molecule has 1 saturated heterocycles. The zero-order valence-electron chi connectivity index (χ0n) is 10.3. The number of ether oxygens (including phenoxy) is 2. The summed E-state index contributed by atoms with van der Waals surface area (Å²) in [5.41, 5.74) is -0.556. The maximum Gasteiger partial charge on any atom is 0.127 e. The quantitative estimate of drug-likeness (QED) is 0.742. The Morgan fingerprint density at radius 1 is 1.50 bits per heavy atom. The summed E-state index contributed by atoms with van der Waals surface area (Å²) >= 11 is 0. The molecule has 0 aliphatic carbocycles. The summed E-state index contributed by atoms with van der Waals surface area (Å²) in [7, 11) is 0. The Labute approximate surface area is 97.9 Å². The van der Waals surface area contributed by atoms with Crippen LogP contribution in [0.25, 0.3) is 0 Å². The average Bonchev–Trinajstić information content (AvgIpc) is 2.31. The molecule has 0 aromatic rings. The lowest BCUT2D eigenvalue weighted by atomic mass is 10.0. The summed E-state index contributed by atoms with van der Waals surface area (Å²) in [6, 6.07) is 2.26. The summed E-state index contributed by atoms with van der Waals surface area (Å²) in [6.07, 6.45) is 2.15. The second-order valence-electron chi connectivity index (χ2n) is 4.55. The van der Waals surface area contributed by atoms with E-state index in [1.165, 1.54) is 0 Å². The zero-order chi connectivity index (χ0) is 11.9. The van der Waals surface area contributed by atoms with Crippen molar-refractivity contribution >= 4 is 0 Å². The summed E-state index contributed by atoms with van der Waals surface area (Å²) in [5.74, 6) is 0.596. The summed E-state index contributed by atoms with van der Waals surface area (Å²) < 4.78 is 10.9. The smallest absolute Gasteiger partial charge is 0.127 e. The molecular weight excluding hydrogens is 204 g/mol. The van der Waals surface area contributed by atoms with Gasteiger partial charge in [-0.2, -0.15) is 5.26 Å². The number of nitrogens with zero attached hydrogens (tertiary/aromatic N) is 1. The van der Waals surface area contributed by atoms with E-state index in [1.54, 1.807) is 0 Å². The second kappa shape index (κ2) is 6.85. The fourth-order valence-corrected chi connectivity index (χ4v) is 1.86. The van der Waals surface area contributed by atoms with Crippen LogP contribution in [0.15, 0.2) is 0 Å². The minimum atomic E-state index is -0.556. The molecular formula is C12H22N2O2. The highest BCUT2D eigenvalue weighted by molar-refractivity contribution is 5.03. The van der Waals surface area contributed by atoms with Gasteiger partial charge in [0.2, 0.25) is 0 Å². The molecule has 0 saturated carbocycles. The minimum Gasteiger partial charge on any atom is -0.381 e. The molecule has 4 heteroatoms. The van der Waals surface area contributed by atoms with Crippen molar-refractivity contribution in [3.05, 3.63) is 0 Å². The first-order valence-electron chi connectivity index (χ1n) is 6.02. The first-order valence-corrected chi connectivity index (χ1v) is 6.02. The molecule has 0 amide bonds. The van der Waals surface area contributed by atoms with Crippen LogP contribution >= 0.6 is 0 Å². The van der Waals surface area contributed by atoms with Crippen LogP contribution in [-0.4, -0.2) is 38.5 Å². The molecule has 92 valence electrons. The maximum absolute atomic E-state index is 9.04. The Morgan fingerprint density at radius 3 is 2.75 bits per heavy atom. The van der Waals surface area contributed by atoms with Gasteiger partial charge in [-0.25, -0.2) is 0 Å². The van der Waals surface area contributed by atoms with E-state index in [9.17, 15) is 0 Å². The van der Waals surface area contributed by atoms with Crippen LogP contribution in [-0.2, 0) is 9.47 Å². The van der Waals surface area contributed by atoms with Crippen molar-refractivity contribution in [2.75, 3.05) is 33.0 Å². The fraction of sp³-hybridized carbons (Fsp3) is 0.917. The van der Waals surface area contributed by atoms with Crippen molar-refractivity contribution in [2.24, 2.45) is 5.92 Å². The van der Waals surface area contributed by atoms with Gasteiger partial charge in [-0.1, -0.05) is 6.92 Å². The first-order chi connectivity index (χ1) is 7.70. The highest BCUT2D eigenvalue weighted by Gasteiger charge is 2.23. The molecule has 16 heavy (non-hydrogen) atoms. The molecule has 0 bridgehead atoms. The van der Waals surface area contributed by atoms with E-state index in [0.717, 1.165) is 39.2 Å². The average molecular weight is 226 g/mol. The van der Waals surface area contributed by atoms with Gasteiger partial charge in [-0.15, -0.1) is 0 Å². The van der Waals surface area contributed by atoms with Gasteiger partial charge in [-0.3, -0.25) is 5.32 Å². The van der Waals surface area contributed by atoms with Crippen LogP contribution < -0.4 is 5.32 Å². The molecule has 1 aliphatic rings. The number of hydrogen-bond donors (Lipinski definition) is 1. The van der Waals surface area contributed by atoms with Gasteiger partial charge in [0.15, 0.2) is 0 Å². The monoisotopic (exact) mass is 226 g/mol. The van der Waals surface area contributed by atoms with E-state index in [2.05, 4.69) is 11.4 Å². The number of nitriles is 1. The standard InChI is InChI=1S/C12H22N2O2/c1-3-14-12(2,9-13)10-16-8-11-4-6-15-7-5-11/h11,14H,3-8,10H2,1-2H3. The molecule has 1 unspecified atom stereocenters. The molecule has 1 fully saturated rings. The molecule has 1 aliphatic heterocycles. The molecule has 0 spiro atoms. The van der Waals surface area contributed by atoms with Crippen LogP contribution in [0.4, 0.5) is 0 Å². The van der Waals surface area contributed by atoms with Crippen LogP contribution in [0.5, 0.6) is 0 Å². The Balaban J connectivity index is 2.20. The van der Waals surface area contributed by atoms with Crippen LogP contribution in [0.1, 0.15) is 26.7 Å². The lowest BCUT2D eigenvalue weighted by Crippen LogP contribution is -2.45. The van der Waals surface area contributed by atoms with Gasteiger partial charge in [0.25, 0.3) is 0 Å². The Kier molecular flexibility index (Phi) is 5.75. The zero-order valence-corrected chi connectivity index (χ0v) is 10.3. The van der Waals surface area contributed by atoms with Gasteiger partial charge in [-0.05, 0) is 32.2 Å². The van der Waals surface area contributed by atoms with E-state index in [-0.39, 0.29) is 0 Å². The number of nitrogens with one attached hydrogen (secondary N) is 1. The molecule has 1 N–H and O–H groups in total. The first kappa shape index (κ1) is 13.4. The lowest BCUT2D eigenvalue weighted by Gasteiger charge is -2.25. The van der Waals surface area contributed by atoms with E-state index >= 15 is 0 Å². The molecule has 4 nitrogen and oxygen atoms in total. The van der Waals surface area contributed by atoms with Crippen molar-refractivity contribution in [2.45, 2.75) is 32.2 Å². The minimum absolute atomic E-state index is 0.453. The van der Waals surface area contributed by atoms with Crippen molar-refractivity contribution < 1.29 is 9.47 Å². The predicted octanol–water partition coefficient (Wildman–Crippen LogP) is 1.32. The normalized spacial score (nSPS) is 21.3. The van der Waals surface area contributed by atoms with Gasteiger partial charge < -0.3 is 9.47 Å². The summed E-state index contributed by atoms with van der Waals surface area (Å²) in [4.78, 5) is 0. The third kappa shape index (κ3) is 4.48. The van der Waals surface area contributed by atoms with Crippen molar-refractivity contribution in [1.29, 1.82) is 5.26 Å². The van der Waals surface area contributed by atoms with Crippen LogP contribution in [0.3, 0.4) is 0 Å². The Morgan fingerprint density at radius 2 is 2.19 bits per heavy atom. The van der Waals surface area contributed by atoms with Crippen molar-refractivity contribution in [3.8, 4) is 6.07 Å². The van der Waals surface area contributed by atoms with E-state index < -0.39 is 5.54 Å². The maximum atomic E-state index is 9.04. The molecule has 0 aromatic heterocycles. The molecule has 1 rings (SSSR count). The summed E-state index contributed by atoms with van der Waals surface area (Å²) in [6.45, 7) is 7.54. The molecule has 0 radical (unpaired) electrons. The number of likely N-dealkylation sites (N-methyl/N-ethyl adjacent to an activating group) is 1. The predicted molar refractivity (Wildman–Crippen MR) is 62.1 cm³/mol. The van der Waals surface area contributed by atoms with Crippen LogP contribution in [0.2, 0.25) is 0 Å². The van der Waals surface area contributed by atoms with E-state index in [1.807, 2.05) is 13.8 Å². The number of hydrogen-bond acceptors (Lipinski definition) is 4. The van der Waals surface area contributed by atoms with Crippen molar-refractivity contribution in [1.82, 2.24) is 5.32 Å². The van der Waals surface area contributed by atoms with Crippen molar-refractivity contribution in [3.63, 3.8) is 0 Å². The lowest BCUT2D eigenvalue weighted by molar-refractivity contribution is 0.0108.